The van der Waals surface area contributed by atoms with Crippen LogP contribution < -0.4 is 11.1 Å². The van der Waals surface area contributed by atoms with Gasteiger partial charge in [-0.05, 0) is 0 Å². The number of carboxylic acid groups (broad SMARTS) is 1. The van der Waals surface area contributed by atoms with Gasteiger partial charge in [-0.1, -0.05) is 5.16 Å². The predicted molar refractivity (Wildman–Crippen MR) is 114 cm³/mol. The number of aliphatic carboxylic acids is 1. The Labute approximate surface area is 190 Å². The van der Waals surface area contributed by atoms with Crippen LogP contribution in [0.25, 0.3) is 0 Å². The molecule has 2 aliphatic rings. The highest BCUT2D eigenvalue weighted by Crippen LogP contribution is 2.40. The van der Waals surface area contributed by atoms with Gasteiger partial charge in [-0.2, -0.15) is 0 Å². The summed E-state index contributed by atoms with van der Waals surface area (Å²) in [6.07, 6.45) is 0. The second kappa shape index (κ2) is 9.98. The lowest BCUT2D eigenvalue weighted by atomic mass is 10.0. The van der Waals surface area contributed by atoms with Gasteiger partial charge in [-0.25, -0.2) is 9.78 Å². The number of nitrogens with zero attached hydrogens (tertiary/aromatic N) is 3. The molecule has 4 N–H and O–H groups in total. The first-order chi connectivity index (χ1) is 14.2. The number of carbonyl (C=O) groups is 4. The number of nitrogen functional groups attached to an aromatic ring is 1. The number of nitrogens with one attached hydrogen (secondary N) is 1. The van der Waals surface area contributed by atoms with Crippen LogP contribution in [0.1, 0.15) is 12.6 Å². The van der Waals surface area contributed by atoms with Crippen LogP contribution in [0.5, 0.6) is 0 Å². The Balaban J connectivity index is 0.00000341. The van der Waals surface area contributed by atoms with Crippen LogP contribution in [0.3, 0.4) is 0 Å². The van der Waals surface area contributed by atoms with E-state index in [9.17, 15) is 24.3 Å². The summed E-state index contributed by atoms with van der Waals surface area (Å²) >= 11 is 2.35. The maximum absolute atomic E-state index is 12.7. The number of carbonyl (C=O) groups excluding carboxylic acids is 3. The van der Waals surface area contributed by atoms with Crippen molar-refractivity contribution >= 4 is 70.1 Å². The molecule has 0 bridgehead atoms. The highest BCUT2D eigenvalue weighted by atomic mass is 35.5. The largest absolute Gasteiger partial charge is 0.477 e. The van der Waals surface area contributed by atoms with Crippen LogP contribution in [-0.4, -0.2) is 75.3 Å². The first-order valence-corrected chi connectivity index (χ1v) is 10.3. The molecular formula is C16H18ClN5O7S2. The van der Waals surface area contributed by atoms with Crippen molar-refractivity contribution in [2.45, 2.75) is 18.3 Å². The van der Waals surface area contributed by atoms with Crippen LogP contribution >= 0.6 is 35.5 Å². The van der Waals surface area contributed by atoms with Crippen molar-refractivity contribution in [3.63, 3.8) is 0 Å². The van der Waals surface area contributed by atoms with Crippen LogP contribution in [0.2, 0.25) is 0 Å². The zero-order chi connectivity index (χ0) is 22.0. The van der Waals surface area contributed by atoms with E-state index in [-0.39, 0.29) is 47.0 Å². The Hall–Kier alpha value is -2.84. The molecule has 0 unspecified atom stereocenters. The normalized spacial score (nSPS) is 20.3. The van der Waals surface area contributed by atoms with Gasteiger partial charge in [0.15, 0.2) is 10.8 Å². The molecule has 2 amide bonds. The molecule has 1 aromatic rings. The third-order valence-electron chi connectivity index (χ3n) is 4.15. The quantitative estimate of drug-likeness (QED) is 0.200. The van der Waals surface area contributed by atoms with Crippen molar-refractivity contribution in [1.29, 1.82) is 0 Å². The van der Waals surface area contributed by atoms with Crippen LogP contribution in [0.4, 0.5) is 5.13 Å². The number of oxime groups is 1. The van der Waals surface area contributed by atoms with E-state index in [0.717, 1.165) is 16.2 Å². The number of hydrogen-bond donors (Lipinski definition) is 3. The van der Waals surface area contributed by atoms with E-state index in [1.54, 1.807) is 0 Å². The number of rotatable bonds is 7. The highest BCUT2D eigenvalue weighted by molar-refractivity contribution is 8.00. The summed E-state index contributed by atoms with van der Waals surface area (Å²) in [5, 5.41) is 16.9. The van der Waals surface area contributed by atoms with E-state index in [1.807, 2.05) is 0 Å². The number of aromatic nitrogens is 1. The summed E-state index contributed by atoms with van der Waals surface area (Å²) in [5.41, 5.74) is 5.67. The maximum Gasteiger partial charge on any atom is 0.352 e. The number of esters is 1. The fourth-order valence-corrected chi connectivity index (χ4v) is 4.76. The number of nitrogens with two attached hydrogens (primary N) is 1. The van der Waals surface area contributed by atoms with Crippen molar-refractivity contribution in [1.82, 2.24) is 15.2 Å². The first kappa shape index (κ1) is 24.4. The lowest BCUT2D eigenvalue weighted by molar-refractivity contribution is -0.150. The van der Waals surface area contributed by atoms with E-state index in [1.165, 1.54) is 31.2 Å². The van der Waals surface area contributed by atoms with Crippen molar-refractivity contribution in [2.24, 2.45) is 5.16 Å². The molecule has 168 valence electrons. The third kappa shape index (κ3) is 4.91. The van der Waals surface area contributed by atoms with Gasteiger partial charge >= 0.3 is 11.9 Å². The molecule has 0 saturated carbocycles. The van der Waals surface area contributed by atoms with Gasteiger partial charge < -0.3 is 25.7 Å². The number of amides is 2. The zero-order valence-electron chi connectivity index (χ0n) is 16.2. The minimum atomic E-state index is -1.32. The Morgan fingerprint density at radius 2 is 2.16 bits per heavy atom. The number of β-lactam (4-membered cyclic amide) rings is 1. The summed E-state index contributed by atoms with van der Waals surface area (Å²) < 4.78 is 4.88. The first-order valence-electron chi connectivity index (χ1n) is 8.41. The lowest BCUT2D eigenvalue weighted by Gasteiger charge is -2.49. The summed E-state index contributed by atoms with van der Waals surface area (Å²) in [4.78, 5) is 57.8. The van der Waals surface area contributed by atoms with Gasteiger partial charge in [0.1, 0.15) is 36.5 Å². The number of halogens is 1. The SMILES string of the molecule is CON=C(C(=O)N[C@@H]1C(=O)N2C(C(=O)O)=C(COC(C)=O)CS[C@H]12)c1csc(N)n1.Cl. The molecule has 3 heterocycles. The Morgan fingerprint density at radius 3 is 2.71 bits per heavy atom. The Bertz CT molecular complexity index is 979. The minimum Gasteiger partial charge on any atom is -0.477 e. The number of carboxylic acids is 1. The fraction of sp³-hybridized carbons (Fsp3) is 0.375. The molecule has 2 aliphatic heterocycles. The van der Waals surface area contributed by atoms with Crippen molar-refractivity contribution < 1.29 is 33.9 Å². The van der Waals surface area contributed by atoms with Crippen molar-refractivity contribution in [2.75, 3.05) is 25.2 Å². The number of thiazole rings is 1. The average molecular weight is 492 g/mol. The van der Waals surface area contributed by atoms with E-state index < -0.39 is 35.2 Å². The smallest absolute Gasteiger partial charge is 0.352 e. The fourth-order valence-electron chi connectivity index (χ4n) is 2.88. The van der Waals surface area contributed by atoms with Gasteiger partial charge in [0.05, 0.1) is 0 Å². The van der Waals surface area contributed by atoms with Crippen LogP contribution in [-0.2, 0) is 28.8 Å². The Morgan fingerprint density at radius 1 is 1.45 bits per heavy atom. The average Bonchev–Trinajstić information content (AvgIpc) is 3.13. The molecule has 0 spiro atoms. The molecule has 31 heavy (non-hydrogen) atoms. The second-order valence-electron chi connectivity index (χ2n) is 6.09. The molecule has 0 aromatic carbocycles. The van der Waals surface area contributed by atoms with Crippen LogP contribution in [0.15, 0.2) is 21.8 Å². The molecule has 0 aliphatic carbocycles. The van der Waals surface area contributed by atoms with Gasteiger partial charge in [-0.15, -0.1) is 35.5 Å². The molecular weight excluding hydrogens is 474 g/mol. The van der Waals surface area contributed by atoms with E-state index >= 15 is 0 Å². The monoisotopic (exact) mass is 491 g/mol. The number of fused-ring (bicyclic) bond motifs is 1. The predicted octanol–water partition coefficient (Wildman–Crippen LogP) is -0.201. The van der Waals surface area contributed by atoms with Crippen molar-refractivity contribution in [3.8, 4) is 0 Å². The second-order valence-corrected chi connectivity index (χ2v) is 8.09. The summed E-state index contributed by atoms with van der Waals surface area (Å²) in [6.45, 7) is 0.975. The molecule has 0 radical (unpaired) electrons. The number of anilines is 1. The lowest BCUT2D eigenvalue weighted by Crippen LogP contribution is -2.71. The van der Waals surface area contributed by atoms with E-state index in [0.29, 0.717) is 5.57 Å². The van der Waals surface area contributed by atoms with Crippen LogP contribution in [0, 0.1) is 0 Å². The molecule has 15 heteroatoms. The molecule has 3 rings (SSSR count). The summed E-state index contributed by atoms with van der Waals surface area (Å²) in [6, 6.07) is -0.967. The molecule has 2 atom stereocenters. The summed E-state index contributed by atoms with van der Waals surface area (Å²) in [7, 11) is 1.25. The minimum absolute atomic E-state index is 0. The number of ether oxygens (including phenoxy) is 1. The number of hydrogen-bond acceptors (Lipinski definition) is 11. The van der Waals surface area contributed by atoms with E-state index in [2.05, 4.69) is 20.3 Å². The summed E-state index contributed by atoms with van der Waals surface area (Å²) in [5.74, 6) is -2.98. The number of thioether (sulfide) groups is 1. The maximum atomic E-state index is 12.7. The Kier molecular flexibility index (Phi) is 7.86. The standard InChI is InChI=1S/C16H17N5O7S2.ClH/c1-6(22)28-3-7-4-29-14-10(13(24)21(14)11(7)15(25)26)19-12(23)9(20-27-2)8-5-30-16(17)18-8;/h5,10,14H,3-4H2,1-2H3,(H2,17,18)(H,19,23)(H,25,26);1H/t10-,14-;/m1./s1. The molecule has 1 fully saturated rings. The highest BCUT2D eigenvalue weighted by Gasteiger charge is 2.54. The van der Waals surface area contributed by atoms with E-state index in [4.69, 9.17) is 10.5 Å². The molecule has 12 nitrogen and oxygen atoms in total. The van der Waals surface area contributed by atoms with Crippen molar-refractivity contribution in [3.05, 3.63) is 22.3 Å². The van der Waals surface area contributed by atoms with Gasteiger partial charge in [-0.3, -0.25) is 19.3 Å². The van der Waals surface area contributed by atoms with Gasteiger partial charge in [0.25, 0.3) is 11.8 Å². The van der Waals surface area contributed by atoms with Gasteiger partial charge in [0, 0.05) is 23.6 Å². The van der Waals surface area contributed by atoms with Gasteiger partial charge in [0.2, 0.25) is 0 Å². The topological polar surface area (TPSA) is 174 Å². The molecule has 1 aromatic heterocycles. The molecule has 1 saturated heterocycles. The zero-order valence-corrected chi connectivity index (χ0v) is 18.6. The third-order valence-corrected chi connectivity index (χ3v) is 6.16.